The van der Waals surface area contributed by atoms with Gasteiger partial charge in [-0.05, 0) is 31.9 Å². The largest absolute Gasteiger partial charge is 0.507 e. The van der Waals surface area contributed by atoms with Crippen molar-refractivity contribution < 1.29 is 19.1 Å². The smallest absolute Gasteiger partial charge is 0.255 e. The van der Waals surface area contributed by atoms with Gasteiger partial charge in [0.05, 0.1) is 5.56 Å². The van der Waals surface area contributed by atoms with Crippen LogP contribution in [0.3, 0.4) is 0 Å². The summed E-state index contributed by atoms with van der Waals surface area (Å²) in [6.07, 6.45) is 1.95. The first-order valence-corrected chi connectivity index (χ1v) is 6.57. The number of phenols is 1. The molecule has 1 fully saturated rings. The van der Waals surface area contributed by atoms with E-state index in [0.29, 0.717) is 13.1 Å². The second-order valence-corrected chi connectivity index (χ2v) is 4.89. The van der Waals surface area contributed by atoms with Crippen molar-refractivity contribution in [3.63, 3.8) is 0 Å². The number of hydrogen-bond donors (Lipinski definition) is 2. The number of amides is 2. The highest BCUT2D eigenvalue weighted by Gasteiger charge is 2.25. The molecule has 0 radical (unpaired) electrons. The molecular formula is C14H17FN2O3. The van der Waals surface area contributed by atoms with Crippen LogP contribution < -0.4 is 5.32 Å². The van der Waals surface area contributed by atoms with Gasteiger partial charge in [0, 0.05) is 19.2 Å². The fourth-order valence-corrected chi connectivity index (χ4v) is 2.24. The predicted molar refractivity (Wildman–Crippen MR) is 70.8 cm³/mol. The van der Waals surface area contributed by atoms with Crippen LogP contribution >= 0.6 is 0 Å². The van der Waals surface area contributed by atoms with Crippen LogP contribution in [-0.2, 0) is 4.79 Å². The molecule has 6 heteroatoms. The Balaban J connectivity index is 2.01. The first-order valence-electron chi connectivity index (χ1n) is 6.57. The van der Waals surface area contributed by atoms with E-state index >= 15 is 0 Å². The lowest BCUT2D eigenvalue weighted by molar-refractivity contribution is -0.131. The van der Waals surface area contributed by atoms with Crippen LogP contribution in [0.2, 0.25) is 0 Å². The second kappa shape index (κ2) is 5.90. The molecule has 0 saturated carbocycles. The van der Waals surface area contributed by atoms with Crippen LogP contribution in [0.25, 0.3) is 0 Å². The summed E-state index contributed by atoms with van der Waals surface area (Å²) in [7, 11) is 0. The van der Waals surface area contributed by atoms with Crippen LogP contribution in [0, 0.1) is 5.82 Å². The van der Waals surface area contributed by atoms with Gasteiger partial charge in [-0.25, -0.2) is 4.39 Å². The van der Waals surface area contributed by atoms with Crippen LogP contribution in [-0.4, -0.2) is 41.0 Å². The summed E-state index contributed by atoms with van der Waals surface area (Å²) in [6, 6.07) is 2.46. The van der Waals surface area contributed by atoms with E-state index in [1.54, 1.807) is 11.8 Å². The Hall–Kier alpha value is -2.11. The number of halogens is 1. The average Bonchev–Trinajstić information content (AvgIpc) is 2.91. The van der Waals surface area contributed by atoms with E-state index in [2.05, 4.69) is 5.32 Å². The number of likely N-dealkylation sites (tertiary alicyclic amines) is 1. The van der Waals surface area contributed by atoms with E-state index in [0.717, 1.165) is 25.0 Å². The number of nitrogens with zero attached hydrogens (tertiary/aromatic N) is 1. The molecule has 108 valence electrons. The number of phenolic OH excluding ortho intramolecular Hbond substituents is 1. The summed E-state index contributed by atoms with van der Waals surface area (Å²) in [4.78, 5) is 25.7. The lowest BCUT2D eigenvalue weighted by atomic mass is 10.1. The zero-order valence-electron chi connectivity index (χ0n) is 11.2. The van der Waals surface area contributed by atoms with Crippen molar-refractivity contribution in [2.45, 2.75) is 25.8 Å². The van der Waals surface area contributed by atoms with Gasteiger partial charge in [0.1, 0.15) is 17.6 Å². The number of hydrogen-bond acceptors (Lipinski definition) is 3. The van der Waals surface area contributed by atoms with Gasteiger partial charge < -0.3 is 15.3 Å². The summed E-state index contributed by atoms with van der Waals surface area (Å²) in [5.41, 5.74) is -0.0486. The monoisotopic (exact) mass is 280 g/mol. The normalized spacial score (nSPS) is 16.0. The predicted octanol–water partition coefficient (Wildman–Crippen LogP) is 1.27. The minimum absolute atomic E-state index is 0.0486. The Labute approximate surface area is 116 Å². The quantitative estimate of drug-likeness (QED) is 0.876. The van der Waals surface area contributed by atoms with E-state index < -0.39 is 23.5 Å². The molecule has 5 nitrogen and oxygen atoms in total. The van der Waals surface area contributed by atoms with Crippen molar-refractivity contribution in [2.24, 2.45) is 0 Å². The topological polar surface area (TPSA) is 69.6 Å². The maximum Gasteiger partial charge on any atom is 0.255 e. The third-order valence-corrected chi connectivity index (χ3v) is 3.34. The molecule has 1 aliphatic heterocycles. The van der Waals surface area contributed by atoms with E-state index in [1.165, 1.54) is 6.07 Å². The van der Waals surface area contributed by atoms with E-state index in [-0.39, 0.29) is 11.5 Å². The molecule has 0 aromatic heterocycles. The maximum atomic E-state index is 12.9. The maximum absolute atomic E-state index is 12.9. The van der Waals surface area contributed by atoms with Crippen LogP contribution in [0.4, 0.5) is 4.39 Å². The van der Waals surface area contributed by atoms with Crippen LogP contribution in [0.15, 0.2) is 18.2 Å². The number of carbonyl (C=O) groups is 2. The summed E-state index contributed by atoms with van der Waals surface area (Å²) in [5, 5.41) is 12.0. The lowest BCUT2D eigenvalue weighted by Crippen LogP contribution is -2.45. The molecule has 1 heterocycles. The highest BCUT2D eigenvalue weighted by molar-refractivity contribution is 5.99. The Morgan fingerprint density at radius 2 is 2.00 bits per heavy atom. The molecule has 1 aliphatic rings. The fourth-order valence-electron chi connectivity index (χ4n) is 2.24. The summed E-state index contributed by atoms with van der Waals surface area (Å²) < 4.78 is 12.9. The molecule has 2 N–H and O–H groups in total. The summed E-state index contributed by atoms with van der Waals surface area (Å²) >= 11 is 0. The molecule has 2 amide bonds. The van der Waals surface area contributed by atoms with Crippen molar-refractivity contribution in [3.05, 3.63) is 29.6 Å². The fraction of sp³-hybridized carbons (Fsp3) is 0.429. The van der Waals surface area contributed by atoms with E-state index in [1.807, 2.05) is 0 Å². The molecular weight excluding hydrogens is 263 g/mol. The van der Waals surface area contributed by atoms with Crippen molar-refractivity contribution in [2.75, 3.05) is 13.1 Å². The van der Waals surface area contributed by atoms with Gasteiger partial charge in [-0.3, -0.25) is 9.59 Å². The van der Waals surface area contributed by atoms with Crippen LogP contribution in [0.1, 0.15) is 30.1 Å². The van der Waals surface area contributed by atoms with Gasteiger partial charge in [0.25, 0.3) is 5.91 Å². The third-order valence-electron chi connectivity index (χ3n) is 3.34. The minimum Gasteiger partial charge on any atom is -0.507 e. The standard InChI is InChI=1S/C14H17FN2O3/c1-9(14(20)17-6-2-3-7-17)16-13(19)11-5-4-10(15)8-12(11)18/h4-5,8-9,18H,2-3,6-7H2,1H3,(H,16,19). The molecule has 0 bridgehead atoms. The molecule has 0 aliphatic carbocycles. The van der Waals surface area contributed by atoms with Crippen molar-refractivity contribution in [1.82, 2.24) is 10.2 Å². The Morgan fingerprint density at radius 3 is 2.60 bits per heavy atom. The number of benzene rings is 1. The highest BCUT2D eigenvalue weighted by Crippen LogP contribution is 2.18. The van der Waals surface area contributed by atoms with Gasteiger partial charge in [-0.15, -0.1) is 0 Å². The van der Waals surface area contributed by atoms with Gasteiger partial charge in [-0.2, -0.15) is 0 Å². The SMILES string of the molecule is CC(NC(=O)c1ccc(F)cc1O)C(=O)N1CCCC1. The molecule has 20 heavy (non-hydrogen) atoms. The Morgan fingerprint density at radius 1 is 1.35 bits per heavy atom. The molecule has 1 unspecified atom stereocenters. The minimum atomic E-state index is -0.676. The molecule has 1 aromatic rings. The summed E-state index contributed by atoms with van der Waals surface area (Å²) in [6.45, 7) is 3.01. The highest BCUT2D eigenvalue weighted by atomic mass is 19.1. The molecule has 2 rings (SSSR count). The van der Waals surface area contributed by atoms with Crippen molar-refractivity contribution in [3.8, 4) is 5.75 Å². The third kappa shape index (κ3) is 3.07. The van der Waals surface area contributed by atoms with Crippen molar-refractivity contribution >= 4 is 11.8 Å². The number of aromatic hydroxyl groups is 1. The number of carbonyl (C=O) groups excluding carboxylic acids is 2. The van der Waals surface area contributed by atoms with Gasteiger partial charge in [-0.1, -0.05) is 0 Å². The molecule has 1 saturated heterocycles. The Kier molecular flexibility index (Phi) is 4.22. The molecule has 1 atom stereocenters. The second-order valence-electron chi connectivity index (χ2n) is 4.89. The van der Waals surface area contributed by atoms with E-state index in [9.17, 15) is 19.1 Å². The summed E-state index contributed by atoms with van der Waals surface area (Å²) in [5.74, 6) is -1.80. The molecule has 1 aromatic carbocycles. The first-order chi connectivity index (χ1) is 9.49. The van der Waals surface area contributed by atoms with Gasteiger partial charge in [0.2, 0.25) is 5.91 Å². The van der Waals surface area contributed by atoms with Crippen molar-refractivity contribution in [1.29, 1.82) is 0 Å². The zero-order chi connectivity index (χ0) is 14.7. The first kappa shape index (κ1) is 14.3. The van der Waals surface area contributed by atoms with Gasteiger partial charge >= 0.3 is 0 Å². The average molecular weight is 280 g/mol. The van der Waals surface area contributed by atoms with Crippen LogP contribution in [0.5, 0.6) is 5.75 Å². The van der Waals surface area contributed by atoms with E-state index in [4.69, 9.17) is 0 Å². The zero-order valence-corrected chi connectivity index (χ0v) is 11.2. The molecule has 0 spiro atoms. The number of nitrogens with one attached hydrogen (secondary N) is 1. The van der Waals surface area contributed by atoms with Gasteiger partial charge in [0.15, 0.2) is 0 Å². The Bertz CT molecular complexity index is 527. The lowest BCUT2D eigenvalue weighted by Gasteiger charge is -2.21. The number of rotatable bonds is 3.